The van der Waals surface area contributed by atoms with Crippen molar-refractivity contribution < 1.29 is 9.59 Å². The standard InChI is InChI=1S/C24H28N4O2/c1-3-9-19(29)10-8-13-23(30)26-18-14-15-22(25-16-18)24-21-12-7-5-4-6-11-20(21)17(2)27-28-24/h1,14-16H,4-13H2,2H3,(H,26,30). The molecule has 1 aliphatic rings. The van der Waals surface area contributed by atoms with Crippen molar-refractivity contribution in [3.05, 3.63) is 35.2 Å². The van der Waals surface area contributed by atoms with Gasteiger partial charge in [0.25, 0.3) is 0 Å². The number of hydrogen-bond acceptors (Lipinski definition) is 5. The SMILES string of the molecule is C#CCC(=O)CCCC(=O)Nc1ccc(-c2nnc(C)c3c2CCCCCC3)nc1. The zero-order valence-corrected chi connectivity index (χ0v) is 17.5. The molecule has 0 radical (unpaired) electrons. The lowest BCUT2D eigenvalue weighted by molar-refractivity contribution is -0.118. The summed E-state index contributed by atoms with van der Waals surface area (Å²) >= 11 is 0. The molecule has 0 aliphatic heterocycles. The maximum absolute atomic E-state index is 12.1. The van der Waals surface area contributed by atoms with Crippen LogP contribution in [0.1, 0.15) is 68.2 Å². The van der Waals surface area contributed by atoms with Gasteiger partial charge in [0, 0.05) is 12.8 Å². The number of anilines is 1. The van der Waals surface area contributed by atoms with E-state index in [0.29, 0.717) is 18.5 Å². The highest BCUT2D eigenvalue weighted by Gasteiger charge is 2.18. The lowest BCUT2D eigenvalue weighted by Crippen LogP contribution is -2.12. The third kappa shape index (κ3) is 5.73. The summed E-state index contributed by atoms with van der Waals surface area (Å²) in [6, 6.07) is 3.71. The highest BCUT2D eigenvalue weighted by Crippen LogP contribution is 2.29. The molecule has 156 valence electrons. The number of pyridine rings is 1. The van der Waals surface area contributed by atoms with E-state index in [4.69, 9.17) is 6.42 Å². The highest BCUT2D eigenvalue weighted by molar-refractivity contribution is 5.91. The van der Waals surface area contributed by atoms with Gasteiger partial charge in [-0.25, -0.2) is 0 Å². The molecule has 6 nitrogen and oxygen atoms in total. The summed E-state index contributed by atoms with van der Waals surface area (Å²) in [5.74, 6) is 2.18. The van der Waals surface area contributed by atoms with Gasteiger partial charge in [-0.15, -0.1) is 11.5 Å². The van der Waals surface area contributed by atoms with E-state index in [2.05, 4.69) is 26.4 Å². The Morgan fingerprint density at radius 3 is 2.53 bits per heavy atom. The first-order chi connectivity index (χ1) is 14.6. The van der Waals surface area contributed by atoms with Crippen LogP contribution >= 0.6 is 0 Å². The van der Waals surface area contributed by atoms with Gasteiger partial charge in [-0.1, -0.05) is 18.8 Å². The van der Waals surface area contributed by atoms with Crippen LogP contribution in [0.15, 0.2) is 18.3 Å². The maximum Gasteiger partial charge on any atom is 0.224 e. The Hall–Kier alpha value is -3.07. The van der Waals surface area contributed by atoms with E-state index >= 15 is 0 Å². The van der Waals surface area contributed by atoms with E-state index in [-0.39, 0.29) is 24.5 Å². The van der Waals surface area contributed by atoms with Crippen molar-refractivity contribution in [1.82, 2.24) is 15.2 Å². The molecule has 2 aromatic heterocycles. The summed E-state index contributed by atoms with van der Waals surface area (Å²) in [5.41, 5.74) is 5.85. The smallest absolute Gasteiger partial charge is 0.224 e. The molecule has 0 saturated heterocycles. The summed E-state index contributed by atoms with van der Waals surface area (Å²) in [6.45, 7) is 2.03. The minimum absolute atomic E-state index is 0.00892. The first-order valence-electron chi connectivity index (χ1n) is 10.6. The number of nitrogens with zero attached hydrogens (tertiary/aromatic N) is 3. The Kier molecular flexibility index (Phi) is 7.67. The van der Waals surface area contributed by atoms with Gasteiger partial charge >= 0.3 is 0 Å². The van der Waals surface area contributed by atoms with Gasteiger partial charge in [0.1, 0.15) is 11.5 Å². The van der Waals surface area contributed by atoms with Crippen LogP contribution in [0.4, 0.5) is 5.69 Å². The Bertz CT molecular complexity index is 945. The normalized spacial score (nSPS) is 13.5. The van der Waals surface area contributed by atoms with E-state index in [9.17, 15) is 9.59 Å². The molecule has 0 saturated carbocycles. The Balaban J connectivity index is 1.66. The number of amides is 1. The van der Waals surface area contributed by atoms with Crippen LogP contribution in [0.2, 0.25) is 0 Å². The monoisotopic (exact) mass is 404 g/mol. The van der Waals surface area contributed by atoms with Gasteiger partial charge in [-0.2, -0.15) is 5.10 Å². The number of ketones is 1. The molecule has 30 heavy (non-hydrogen) atoms. The molecule has 6 heteroatoms. The van der Waals surface area contributed by atoms with Gasteiger partial charge < -0.3 is 5.32 Å². The van der Waals surface area contributed by atoms with Crippen LogP contribution in [0, 0.1) is 19.3 Å². The average molecular weight is 405 g/mol. The summed E-state index contributed by atoms with van der Waals surface area (Å²) in [5, 5.41) is 11.7. The molecule has 0 spiro atoms. The van der Waals surface area contributed by atoms with E-state index in [1.165, 1.54) is 30.4 Å². The zero-order valence-electron chi connectivity index (χ0n) is 17.5. The van der Waals surface area contributed by atoms with Crippen LogP contribution in [0.5, 0.6) is 0 Å². The average Bonchev–Trinajstić information content (AvgIpc) is 2.70. The van der Waals surface area contributed by atoms with Crippen molar-refractivity contribution in [3.8, 4) is 23.7 Å². The number of carbonyl (C=O) groups is 2. The number of aryl methyl sites for hydroxylation is 1. The summed E-state index contributed by atoms with van der Waals surface area (Å²) in [7, 11) is 0. The van der Waals surface area contributed by atoms with Gasteiger partial charge in [0.15, 0.2) is 0 Å². The van der Waals surface area contributed by atoms with E-state index in [0.717, 1.165) is 36.3 Å². The van der Waals surface area contributed by atoms with E-state index < -0.39 is 0 Å². The van der Waals surface area contributed by atoms with Crippen LogP contribution in [-0.4, -0.2) is 26.9 Å². The van der Waals surface area contributed by atoms with Crippen molar-refractivity contribution in [3.63, 3.8) is 0 Å². The fourth-order valence-electron chi connectivity index (χ4n) is 3.85. The predicted molar refractivity (Wildman–Crippen MR) is 117 cm³/mol. The van der Waals surface area contributed by atoms with Crippen LogP contribution in [0.3, 0.4) is 0 Å². The van der Waals surface area contributed by atoms with Crippen LogP contribution in [0.25, 0.3) is 11.4 Å². The first-order valence-corrected chi connectivity index (χ1v) is 10.6. The maximum atomic E-state index is 12.1. The minimum atomic E-state index is -0.140. The summed E-state index contributed by atoms with van der Waals surface area (Å²) < 4.78 is 0. The molecule has 1 amide bonds. The lowest BCUT2D eigenvalue weighted by Gasteiger charge is -2.18. The number of nitrogens with one attached hydrogen (secondary N) is 1. The van der Waals surface area contributed by atoms with Gasteiger partial charge in [0.2, 0.25) is 5.91 Å². The van der Waals surface area contributed by atoms with Gasteiger partial charge in [-0.05, 0) is 62.3 Å². The van der Waals surface area contributed by atoms with Crippen molar-refractivity contribution in [2.45, 2.75) is 71.1 Å². The van der Waals surface area contributed by atoms with Gasteiger partial charge in [-0.3, -0.25) is 14.6 Å². The number of terminal acetylenes is 1. The predicted octanol–water partition coefficient (Wildman–Crippen LogP) is 4.21. The molecular formula is C24H28N4O2. The number of fused-ring (bicyclic) bond motifs is 1. The van der Waals surface area contributed by atoms with Crippen molar-refractivity contribution in [2.75, 3.05) is 5.32 Å². The second-order valence-electron chi connectivity index (χ2n) is 7.76. The highest BCUT2D eigenvalue weighted by atomic mass is 16.1. The number of aromatic nitrogens is 3. The summed E-state index contributed by atoms with van der Waals surface area (Å²) in [6.07, 6.45) is 14.9. The Labute approximate surface area is 177 Å². The number of Topliss-reactive ketones (excluding diaryl/α,β-unsaturated/α-hetero) is 1. The van der Waals surface area contributed by atoms with Crippen LogP contribution < -0.4 is 5.32 Å². The quantitative estimate of drug-likeness (QED) is 0.699. The fraction of sp³-hybridized carbons (Fsp3) is 0.458. The topological polar surface area (TPSA) is 84.8 Å². The second-order valence-corrected chi connectivity index (χ2v) is 7.76. The number of hydrogen-bond donors (Lipinski definition) is 1. The molecule has 0 atom stereocenters. The summed E-state index contributed by atoms with van der Waals surface area (Å²) in [4.78, 5) is 28.1. The van der Waals surface area contributed by atoms with Crippen molar-refractivity contribution in [1.29, 1.82) is 0 Å². The fourth-order valence-corrected chi connectivity index (χ4v) is 3.85. The second kappa shape index (κ2) is 10.6. The third-order valence-electron chi connectivity index (χ3n) is 5.44. The largest absolute Gasteiger partial charge is 0.325 e. The van der Waals surface area contributed by atoms with Crippen molar-refractivity contribution in [2.24, 2.45) is 0 Å². The zero-order chi connectivity index (χ0) is 21.3. The molecule has 0 unspecified atom stereocenters. The molecular weight excluding hydrogens is 376 g/mol. The molecule has 2 heterocycles. The number of rotatable bonds is 7. The van der Waals surface area contributed by atoms with E-state index in [1.54, 1.807) is 6.20 Å². The molecule has 1 aliphatic carbocycles. The Morgan fingerprint density at radius 2 is 1.83 bits per heavy atom. The van der Waals surface area contributed by atoms with Crippen LogP contribution in [-0.2, 0) is 22.4 Å². The molecule has 2 aromatic rings. The third-order valence-corrected chi connectivity index (χ3v) is 5.44. The molecule has 0 fully saturated rings. The van der Waals surface area contributed by atoms with Crippen molar-refractivity contribution >= 4 is 17.4 Å². The lowest BCUT2D eigenvalue weighted by atomic mass is 9.91. The number of carbonyl (C=O) groups excluding carboxylic acids is 2. The van der Waals surface area contributed by atoms with E-state index in [1.807, 2.05) is 19.1 Å². The first kappa shape index (κ1) is 21.6. The minimum Gasteiger partial charge on any atom is -0.325 e. The van der Waals surface area contributed by atoms with Gasteiger partial charge in [0.05, 0.1) is 29.7 Å². The Morgan fingerprint density at radius 1 is 1.07 bits per heavy atom. The molecule has 0 aromatic carbocycles. The molecule has 3 rings (SSSR count). The molecule has 0 bridgehead atoms. The molecule has 1 N–H and O–H groups in total.